The number of hydrogen-bond acceptors (Lipinski definition) is 1. The van der Waals surface area contributed by atoms with Crippen molar-refractivity contribution in [2.45, 2.75) is 13.0 Å². The molecule has 0 radical (unpaired) electrons. The fraction of sp³-hybridized carbons (Fsp3) is 0.143. The van der Waals surface area contributed by atoms with E-state index in [1.54, 1.807) is 19.1 Å². The molecule has 0 aliphatic carbocycles. The van der Waals surface area contributed by atoms with Gasteiger partial charge in [-0.25, -0.2) is 8.78 Å². The SMILES string of the molecule is CC(Nc1ccc(I)cc1Cl)c1cccc(F)c1F. The summed E-state index contributed by atoms with van der Waals surface area (Å²) in [6.45, 7) is 1.76. The summed E-state index contributed by atoms with van der Waals surface area (Å²) in [6.07, 6.45) is 0. The molecule has 2 aromatic rings. The summed E-state index contributed by atoms with van der Waals surface area (Å²) in [5.41, 5.74) is 0.966. The molecule has 100 valence electrons. The Balaban J connectivity index is 2.25. The Bertz CT molecular complexity index is 604. The molecule has 0 heterocycles. The number of benzene rings is 2. The third kappa shape index (κ3) is 3.36. The minimum atomic E-state index is -0.847. The highest BCUT2D eigenvalue weighted by Gasteiger charge is 2.15. The van der Waals surface area contributed by atoms with Crippen LogP contribution in [0.15, 0.2) is 36.4 Å². The highest BCUT2D eigenvalue weighted by atomic mass is 127. The monoisotopic (exact) mass is 393 g/mol. The highest BCUT2D eigenvalue weighted by molar-refractivity contribution is 14.1. The van der Waals surface area contributed by atoms with Gasteiger partial charge in [0.05, 0.1) is 16.8 Å². The standard InChI is InChI=1S/C14H11ClF2IN/c1-8(10-3-2-4-12(16)14(10)17)19-13-6-5-9(18)7-11(13)15/h2-8,19H,1H3. The Morgan fingerprint density at radius 3 is 2.63 bits per heavy atom. The Kier molecular flexibility index (Phi) is 4.62. The fourth-order valence-corrected chi connectivity index (χ4v) is 2.68. The van der Waals surface area contributed by atoms with Crippen molar-refractivity contribution < 1.29 is 8.78 Å². The molecule has 2 rings (SSSR count). The van der Waals surface area contributed by atoms with Crippen molar-refractivity contribution in [3.05, 3.63) is 62.2 Å². The van der Waals surface area contributed by atoms with Gasteiger partial charge in [-0.1, -0.05) is 23.7 Å². The summed E-state index contributed by atoms with van der Waals surface area (Å²) < 4.78 is 27.9. The summed E-state index contributed by atoms with van der Waals surface area (Å²) in [5, 5.41) is 3.63. The normalized spacial score (nSPS) is 12.3. The molecular formula is C14H11ClF2IN. The molecule has 0 aliphatic heterocycles. The average Bonchev–Trinajstić information content (AvgIpc) is 2.36. The minimum absolute atomic E-state index is 0.273. The van der Waals surface area contributed by atoms with Gasteiger partial charge in [0, 0.05) is 9.13 Å². The van der Waals surface area contributed by atoms with Gasteiger partial charge in [-0.15, -0.1) is 0 Å². The maximum Gasteiger partial charge on any atom is 0.164 e. The zero-order valence-electron chi connectivity index (χ0n) is 10.1. The molecule has 2 aromatic carbocycles. The quantitative estimate of drug-likeness (QED) is 0.689. The topological polar surface area (TPSA) is 12.0 Å². The van der Waals surface area contributed by atoms with Gasteiger partial charge in [-0.3, -0.25) is 0 Å². The van der Waals surface area contributed by atoms with Gasteiger partial charge >= 0.3 is 0 Å². The van der Waals surface area contributed by atoms with Crippen LogP contribution in [0, 0.1) is 15.2 Å². The van der Waals surface area contributed by atoms with Crippen molar-refractivity contribution >= 4 is 39.9 Å². The van der Waals surface area contributed by atoms with Crippen molar-refractivity contribution in [3.8, 4) is 0 Å². The van der Waals surface area contributed by atoms with Gasteiger partial charge in [0.1, 0.15) is 0 Å². The van der Waals surface area contributed by atoms with Gasteiger partial charge in [0.25, 0.3) is 0 Å². The molecule has 1 N–H and O–H groups in total. The van der Waals surface area contributed by atoms with Gasteiger partial charge in [0.2, 0.25) is 0 Å². The largest absolute Gasteiger partial charge is 0.377 e. The molecule has 19 heavy (non-hydrogen) atoms. The third-order valence-corrected chi connectivity index (χ3v) is 3.73. The highest BCUT2D eigenvalue weighted by Crippen LogP contribution is 2.29. The van der Waals surface area contributed by atoms with Crippen LogP contribution in [-0.4, -0.2) is 0 Å². The zero-order valence-corrected chi connectivity index (χ0v) is 13.0. The first-order valence-corrected chi connectivity index (χ1v) is 7.10. The van der Waals surface area contributed by atoms with Crippen LogP contribution in [0.1, 0.15) is 18.5 Å². The van der Waals surface area contributed by atoms with Gasteiger partial charge in [-0.2, -0.15) is 0 Å². The van der Waals surface area contributed by atoms with Gasteiger partial charge < -0.3 is 5.32 Å². The third-order valence-electron chi connectivity index (χ3n) is 2.75. The first-order chi connectivity index (χ1) is 8.99. The maximum absolute atomic E-state index is 13.7. The molecule has 1 nitrogen and oxygen atoms in total. The summed E-state index contributed by atoms with van der Waals surface area (Å²) >= 11 is 8.25. The zero-order chi connectivity index (χ0) is 14.0. The predicted octanol–water partition coefficient (Wildman–Crippen LogP) is 5.40. The summed E-state index contributed by atoms with van der Waals surface area (Å²) in [4.78, 5) is 0. The lowest BCUT2D eigenvalue weighted by Crippen LogP contribution is -2.10. The molecule has 0 fully saturated rings. The maximum atomic E-state index is 13.7. The second kappa shape index (κ2) is 6.05. The number of anilines is 1. The minimum Gasteiger partial charge on any atom is -0.377 e. The van der Waals surface area contributed by atoms with E-state index in [9.17, 15) is 8.78 Å². The van der Waals surface area contributed by atoms with Crippen molar-refractivity contribution in [3.63, 3.8) is 0 Å². The molecule has 1 unspecified atom stereocenters. The lowest BCUT2D eigenvalue weighted by atomic mass is 10.1. The first-order valence-electron chi connectivity index (χ1n) is 5.64. The van der Waals surface area contributed by atoms with E-state index < -0.39 is 11.6 Å². The van der Waals surface area contributed by atoms with Crippen LogP contribution >= 0.6 is 34.2 Å². The van der Waals surface area contributed by atoms with E-state index in [-0.39, 0.29) is 11.6 Å². The predicted molar refractivity (Wildman–Crippen MR) is 82.6 cm³/mol. The molecule has 5 heteroatoms. The summed E-state index contributed by atoms with van der Waals surface area (Å²) in [7, 11) is 0. The van der Waals surface area contributed by atoms with Crippen LogP contribution in [-0.2, 0) is 0 Å². The van der Waals surface area contributed by atoms with E-state index in [1.807, 2.05) is 12.1 Å². The Morgan fingerprint density at radius 1 is 1.21 bits per heavy atom. The Labute approximate surface area is 129 Å². The lowest BCUT2D eigenvalue weighted by molar-refractivity contribution is 0.494. The molecule has 0 spiro atoms. The second-order valence-electron chi connectivity index (χ2n) is 4.13. The van der Waals surface area contributed by atoms with E-state index in [4.69, 9.17) is 11.6 Å². The molecule has 0 saturated carbocycles. The van der Waals surface area contributed by atoms with Gasteiger partial charge in [-0.05, 0) is 53.8 Å². The van der Waals surface area contributed by atoms with Crippen molar-refractivity contribution in [2.75, 3.05) is 5.32 Å². The fourth-order valence-electron chi connectivity index (χ4n) is 1.77. The molecular weight excluding hydrogens is 383 g/mol. The number of rotatable bonds is 3. The molecule has 0 aromatic heterocycles. The lowest BCUT2D eigenvalue weighted by Gasteiger charge is -2.17. The summed E-state index contributed by atoms with van der Waals surface area (Å²) in [5.74, 6) is -1.68. The van der Waals surface area contributed by atoms with Crippen LogP contribution in [0.4, 0.5) is 14.5 Å². The van der Waals surface area contributed by atoms with E-state index in [0.717, 1.165) is 9.64 Å². The summed E-state index contributed by atoms with van der Waals surface area (Å²) in [6, 6.07) is 9.27. The molecule has 1 atom stereocenters. The van der Waals surface area contributed by atoms with Crippen molar-refractivity contribution in [2.24, 2.45) is 0 Å². The van der Waals surface area contributed by atoms with Crippen LogP contribution < -0.4 is 5.32 Å². The number of nitrogens with one attached hydrogen (secondary N) is 1. The first kappa shape index (κ1) is 14.5. The van der Waals surface area contributed by atoms with Gasteiger partial charge in [0.15, 0.2) is 11.6 Å². The number of halogens is 4. The molecule has 0 saturated heterocycles. The Hall–Kier alpha value is -0.880. The Morgan fingerprint density at radius 2 is 1.95 bits per heavy atom. The van der Waals surface area contributed by atoms with Crippen LogP contribution in [0.2, 0.25) is 5.02 Å². The number of hydrogen-bond donors (Lipinski definition) is 1. The van der Waals surface area contributed by atoms with E-state index in [0.29, 0.717) is 10.7 Å². The van der Waals surface area contributed by atoms with Crippen LogP contribution in [0.5, 0.6) is 0 Å². The molecule has 0 aliphatic rings. The van der Waals surface area contributed by atoms with Crippen LogP contribution in [0.3, 0.4) is 0 Å². The molecule has 0 bridgehead atoms. The smallest absolute Gasteiger partial charge is 0.164 e. The average molecular weight is 394 g/mol. The van der Waals surface area contributed by atoms with E-state index >= 15 is 0 Å². The van der Waals surface area contributed by atoms with E-state index in [2.05, 4.69) is 27.9 Å². The van der Waals surface area contributed by atoms with Crippen molar-refractivity contribution in [1.29, 1.82) is 0 Å². The van der Waals surface area contributed by atoms with Crippen molar-refractivity contribution in [1.82, 2.24) is 0 Å². The molecule has 0 amide bonds. The van der Waals surface area contributed by atoms with E-state index in [1.165, 1.54) is 6.07 Å². The van der Waals surface area contributed by atoms with Crippen LogP contribution in [0.25, 0.3) is 0 Å². The second-order valence-corrected chi connectivity index (χ2v) is 5.79.